The smallest absolute Gasteiger partial charge is 0.254 e. The van der Waals surface area contributed by atoms with Gasteiger partial charge in [-0.1, -0.05) is 6.07 Å². The maximum Gasteiger partial charge on any atom is 0.254 e. The molecule has 3 rings (SSSR count). The SMILES string of the molecule is CS(=O)(=O)C1CC2CCC(C1)N2C(=O)c1cccc(F)c1. The summed E-state index contributed by atoms with van der Waals surface area (Å²) < 4.78 is 36.8. The third-order valence-electron chi connectivity index (χ3n) is 4.60. The summed E-state index contributed by atoms with van der Waals surface area (Å²) in [5.74, 6) is -0.617. The van der Waals surface area contributed by atoms with E-state index in [-0.39, 0.29) is 23.2 Å². The van der Waals surface area contributed by atoms with Gasteiger partial charge in [0.25, 0.3) is 5.91 Å². The number of carbonyl (C=O) groups excluding carboxylic acids is 1. The first-order valence-corrected chi connectivity index (χ1v) is 9.09. The highest BCUT2D eigenvalue weighted by Gasteiger charge is 2.45. The molecule has 2 atom stereocenters. The molecule has 0 saturated carbocycles. The van der Waals surface area contributed by atoms with Gasteiger partial charge in [-0.25, -0.2) is 12.8 Å². The van der Waals surface area contributed by atoms with Crippen molar-refractivity contribution >= 4 is 15.7 Å². The first kappa shape index (κ1) is 14.5. The summed E-state index contributed by atoms with van der Waals surface area (Å²) in [5.41, 5.74) is 0.338. The Bertz CT molecular complexity index is 659. The minimum absolute atomic E-state index is 0.0424. The molecule has 1 amide bonds. The lowest BCUT2D eigenvalue weighted by molar-refractivity contribution is 0.0598. The van der Waals surface area contributed by atoms with Crippen molar-refractivity contribution < 1.29 is 17.6 Å². The van der Waals surface area contributed by atoms with Crippen LogP contribution in [-0.2, 0) is 9.84 Å². The standard InChI is InChI=1S/C15H18FNO3S/c1-21(19,20)14-8-12-5-6-13(9-14)17(12)15(18)10-3-2-4-11(16)7-10/h2-4,7,12-14H,5-6,8-9H2,1H3. The van der Waals surface area contributed by atoms with E-state index in [1.165, 1.54) is 24.5 Å². The Balaban J connectivity index is 1.84. The summed E-state index contributed by atoms with van der Waals surface area (Å²) in [6, 6.07) is 5.59. The lowest BCUT2D eigenvalue weighted by Gasteiger charge is -2.38. The van der Waals surface area contributed by atoms with Gasteiger partial charge in [0.15, 0.2) is 0 Å². The molecule has 21 heavy (non-hydrogen) atoms. The number of hydrogen-bond acceptors (Lipinski definition) is 3. The average molecular weight is 311 g/mol. The number of fused-ring (bicyclic) bond motifs is 2. The molecular weight excluding hydrogens is 293 g/mol. The maximum atomic E-state index is 13.3. The molecule has 114 valence electrons. The fraction of sp³-hybridized carbons (Fsp3) is 0.533. The van der Waals surface area contributed by atoms with Crippen molar-refractivity contribution in [1.29, 1.82) is 0 Å². The zero-order valence-electron chi connectivity index (χ0n) is 11.8. The molecule has 2 aliphatic rings. The van der Waals surface area contributed by atoms with Gasteiger partial charge in [-0.05, 0) is 43.9 Å². The molecule has 0 N–H and O–H groups in total. The Morgan fingerprint density at radius 2 is 1.86 bits per heavy atom. The lowest BCUT2D eigenvalue weighted by Crippen LogP contribution is -2.49. The summed E-state index contributed by atoms with van der Waals surface area (Å²) >= 11 is 0. The van der Waals surface area contributed by atoms with E-state index in [2.05, 4.69) is 0 Å². The van der Waals surface area contributed by atoms with Crippen LogP contribution in [0.5, 0.6) is 0 Å². The Morgan fingerprint density at radius 1 is 1.24 bits per heavy atom. The van der Waals surface area contributed by atoms with Crippen LogP contribution in [0.3, 0.4) is 0 Å². The molecular formula is C15H18FNO3S. The van der Waals surface area contributed by atoms with Gasteiger partial charge in [-0.15, -0.1) is 0 Å². The molecule has 6 heteroatoms. The number of piperidine rings is 1. The summed E-state index contributed by atoms with van der Waals surface area (Å²) in [5, 5.41) is -0.355. The van der Waals surface area contributed by atoms with Crippen molar-refractivity contribution in [1.82, 2.24) is 4.90 Å². The zero-order chi connectivity index (χ0) is 15.2. The third kappa shape index (κ3) is 2.69. The molecule has 0 aromatic heterocycles. The Kier molecular flexibility index (Phi) is 3.51. The summed E-state index contributed by atoms with van der Waals surface area (Å²) in [6.45, 7) is 0. The fourth-order valence-electron chi connectivity index (χ4n) is 3.58. The lowest BCUT2D eigenvalue weighted by atomic mass is 10.0. The largest absolute Gasteiger partial charge is 0.333 e. The van der Waals surface area contributed by atoms with E-state index in [0.717, 1.165) is 12.8 Å². The number of carbonyl (C=O) groups is 1. The van der Waals surface area contributed by atoms with E-state index >= 15 is 0 Å². The summed E-state index contributed by atoms with van der Waals surface area (Å²) in [7, 11) is -3.07. The number of halogens is 1. The van der Waals surface area contributed by atoms with Crippen LogP contribution in [0, 0.1) is 5.82 Å². The minimum Gasteiger partial charge on any atom is -0.333 e. The van der Waals surface area contributed by atoms with Crippen molar-refractivity contribution in [3.05, 3.63) is 35.6 Å². The van der Waals surface area contributed by atoms with Gasteiger partial charge in [-0.3, -0.25) is 4.79 Å². The Morgan fingerprint density at radius 3 is 2.38 bits per heavy atom. The van der Waals surface area contributed by atoms with Gasteiger partial charge in [0.1, 0.15) is 15.7 Å². The topological polar surface area (TPSA) is 54.5 Å². The molecule has 2 saturated heterocycles. The van der Waals surface area contributed by atoms with E-state index in [1.54, 1.807) is 11.0 Å². The van der Waals surface area contributed by atoms with E-state index in [9.17, 15) is 17.6 Å². The quantitative estimate of drug-likeness (QED) is 0.839. The monoisotopic (exact) mass is 311 g/mol. The molecule has 1 aromatic rings. The van der Waals surface area contributed by atoms with Crippen LogP contribution in [0.4, 0.5) is 4.39 Å². The summed E-state index contributed by atoms with van der Waals surface area (Å²) in [6.07, 6.45) is 3.92. The predicted octanol–water partition coefficient (Wildman–Crippen LogP) is 2.01. The minimum atomic E-state index is -3.07. The molecule has 2 aliphatic heterocycles. The maximum absolute atomic E-state index is 13.3. The van der Waals surface area contributed by atoms with Gasteiger partial charge in [0.2, 0.25) is 0 Å². The van der Waals surface area contributed by atoms with Crippen LogP contribution in [-0.4, -0.2) is 42.8 Å². The number of rotatable bonds is 2. The Labute approximate surface area is 123 Å². The number of sulfone groups is 1. The highest BCUT2D eigenvalue weighted by atomic mass is 32.2. The van der Waals surface area contributed by atoms with Gasteiger partial charge in [0.05, 0.1) is 5.25 Å². The number of benzene rings is 1. The second kappa shape index (κ2) is 5.09. The molecule has 2 heterocycles. The van der Waals surface area contributed by atoms with Crippen molar-refractivity contribution in [2.45, 2.75) is 43.0 Å². The van der Waals surface area contributed by atoms with E-state index in [0.29, 0.717) is 18.4 Å². The van der Waals surface area contributed by atoms with Crippen molar-refractivity contribution in [3.63, 3.8) is 0 Å². The average Bonchev–Trinajstić information content (AvgIpc) is 2.66. The van der Waals surface area contributed by atoms with Crippen LogP contribution in [0.15, 0.2) is 24.3 Å². The third-order valence-corrected chi connectivity index (χ3v) is 6.20. The van der Waals surface area contributed by atoms with Crippen molar-refractivity contribution in [2.75, 3.05) is 6.26 Å². The van der Waals surface area contributed by atoms with Crippen LogP contribution in [0.1, 0.15) is 36.0 Å². The number of hydrogen-bond donors (Lipinski definition) is 0. The molecule has 2 bridgehead atoms. The van der Waals surface area contributed by atoms with Gasteiger partial charge in [0, 0.05) is 23.9 Å². The van der Waals surface area contributed by atoms with Crippen LogP contribution < -0.4 is 0 Å². The predicted molar refractivity (Wildman–Crippen MR) is 77.2 cm³/mol. The van der Waals surface area contributed by atoms with E-state index in [4.69, 9.17) is 0 Å². The molecule has 0 radical (unpaired) electrons. The number of nitrogens with zero attached hydrogens (tertiary/aromatic N) is 1. The highest BCUT2D eigenvalue weighted by Crippen LogP contribution is 2.38. The van der Waals surface area contributed by atoms with Gasteiger partial charge in [-0.2, -0.15) is 0 Å². The molecule has 0 spiro atoms. The van der Waals surface area contributed by atoms with Crippen molar-refractivity contribution in [3.8, 4) is 0 Å². The van der Waals surface area contributed by atoms with Crippen LogP contribution in [0.25, 0.3) is 0 Å². The first-order chi connectivity index (χ1) is 9.86. The van der Waals surface area contributed by atoms with E-state index in [1.807, 2.05) is 0 Å². The van der Waals surface area contributed by atoms with Crippen LogP contribution in [0.2, 0.25) is 0 Å². The van der Waals surface area contributed by atoms with Crippen LogP contribution >= 0.6 is 0 Å². The second-order valence-corrected chi connectivity index (χ2v) is 8.36. The fourth-order valence-corrected chi connectivity index (χ4v) is 4.72. The number of amides is 1. The van der Waals surface area contributed by atoms with Gasteiger partial charge < -0.3 is 4.90 Å². The molecule has 0 aliphatic carbocycles. The van der Waals surface area contributed by atoms with Crippen molar-refractivity contribution in [2.24, 2.45) is 0 Å². The molecule has 2 fully saturated rings. The molecule has 4 nitrogen and oxygen atoms in total. The highest BCUT2D eigenvalue weighted by molar-refractivity contribution is 7.91. The summed E-state index contributed by atoms with van der Waals surface area (Å²) in [4.78, 5) is 14.4. The Hall–Kier alpha value is -1.43. The van der Waals surface area contributed by atoms with Gasteiger partial charge >= 0.3 is 0 Å². The van der Waals surface area contributed by atoms with E-state index < -0.39 is 15.7 Å². The molecule has 2 unspecified atom stereocenters. The zero-order valence-corrected chi connectivity index (χ0v) is 12.6. The second-order valence-electron chi connectivity index (χ2n) is 6.03. The molecule has 1 aromatic carbocycles. The first-order valence-electron chi connectivity index (χ1n) is 7.13. The normalized spacial score (nSPS) is 28.7.